The number of aliphatic hydroxyl groups is 2. The molecule has 0 saturated carbocycles. The minimum atomic E-state index is -1.11. The van der Waals surface area contributed by atoms with Crippen LogP contribution in [0.5, 0.6) is 0 Å². The molecule has 0 aliphatic carbocycles. The van der Waals surface area contributed by atoms with Crippen LogP contribution in [0.15, 0.2) is 36.9 Å². The van der Waals surface area contributed by atoms with Crippen LogP contribution in [0, 0.1) is 0 Å². The molecule has 1 fully saturated rings. The number of amides is 1. The summed E-state index contributed by atoms with van der Waals surface area (Å²) in [6.45, 7) is 2.32. The Morgan fingerprint density at radius 3 is 2.71 bits per heavy atom. The van der Waals surface area contributed by atoms with Gasteiger partial charge in [-0.3, -0.25) is 9.78 Å². The number of β-amino-alcohol motifs (C(OH)–C–C–N with tert-alkyl or cyclic N) is 1. The molecule has 0 spiro atoms. The van der Waals surface area contributed by atoms with Gasteiger partial charge < -0.3 is 15.1 Å². The van der Waals surface area contributed by atoms with E-state index in [0.717, 1.165) is 5.56 Å². The molecule has 7 heteroatoms. The molecule has 0 unspecified atom stereocenters. The van der Waals surface area contributed by atoms with Gasteiger partial charge in [0.25, 0.3) is 5.91 Å². The average Bonchev–Trinajstić information content (AvgIpc) is 2.64. The number of likely N-dealkylation sites (tertiary alicyclic amines) is 1. The van der Waals surface area contributed by atoms with Crippen molar-refractivity contribution in [2.24, 2.45) is 0 Å². The van der Waals surface area contributed by atoms with Crippen molar-refractivity contribution in [3.05, 3.63) is 42.5 Å². The first-order chi connectivity index (χ1) is 11.5. The Kier molecular flexibility index (Phi) is 4.55. The number of carbonyl (C=O) groups is 1. The Morgan fingerprint density at radius 2 is 2.12 bits per heavy atom. The first-order valence-electron chi connectivity index (χ1n) is 7.95. The van der Waals surface area contributed by atoms with E-state index in [-0.39, 0.29) is 12.5 Å². The van der Waals surface area contributed by atoms with Crippen molar-refractivity contribution < 1.29 is 15.0 Å². The molecular formula is C17H20N4O3. The van der Waals surface area contributed by atoms with Gasteiger partial charge in [-0.15, -0.1) is 0 Å². The van der Waals surface area contributed by atoms with E-state index in [1.54, 1.807) is 18.5 Å². The summed E-state index contributed by atoms with van der Waals surface area (Å²) in [5.41, 5.74) is 0.0203. The Hall–Kier alpha value is -2.38. The molecule has 0 radical (unpaired) electrons. The molecule has 1 saturated heterocycles. The Labute approximate surface area is 140 Å². The molecular weight excluding hydrogens is 308 g/mol. The molecule has 1 aliphatic heterocycles. The standard InChI is InChI=1S/C17H20N4O3/c1-2-17(24)5-7-21(11-14(17)22)16(23)13-9-19-15(20-10-13)12-4-3-6-18-8-12/h3-4,6,8-10,14,22,24H,2,5,7,11H2,1H3/t14-,17-/m1/s1. The Morgan fingerprint density at radius 1 is 1.38 bits per heavy atom. The van der Waals surface area contributed by atoms with Gasteiger partial charge in [0.15, 0.2) is 5.82 Å². The fraction of sp³-hybridized carbons (Fsp3) is 0.412. The van der Waals surface area contributed by atoms with Gasteiger partial charge in [0, 0.05) is 43.4 Å². The molecule has 126 valence electrons. The van der Waals surface area contributed by atoms with Crippen LogP contribution < -0.4 is 0 Å². The zero-order valence-electron chi connectivity index (χ0n) is 13.5. The molecule has 24 heavy (non-hydrogen) atoms. The molecule has 1 amide bonds. The highest BCUT2D eigenvalue weighted by Gasteiger charge is 2.40. The second-order valence-electron chi connectivity index (χ2n) is 6.01. The molecule has 3 heterocycles. The predicted molar refractivity (Wildman–Crippen MR) is 87.0 cm³/mol. The highest BCUT2D eigenvalue weighted by atomic mass is 16.3. The van der Waals surface area contributed by atoms with Crippen molar-refractivity contribution in [3.8, 4) is 11.4 Å². The summed E-state index contributed by atoms with van der Waals surface area (Å²) >= 11 is 0. The van der Waals surface area contributed by atoms with E-state index < -0.39 is 11.7 Å². The normalized spacial score (nSPS) is 24.0. The smallest absolute Gasteiger partial charge is 0.257 e. The van der Waals surface area contributed by atoms with Crippen LogP contribution in [0.25, 0.3) is 11.4 Å². The van der Waals surface area contributed by atoms with E-state index in [9.17, 15) is 15.0 Å². The van der Waals surface area contributed by atoms with Gasteiger partial charge in [-0.1, -0.05) is 6.92 Å². The maximum absolute atomic E-state index is 12.5. The Balaban J connectivity index is 1.72. The van der Waals surface area contributed by atoms with Crippen LogP contribution in [-0.2, 0) is 0 Å². The first kappa shape index (κ1) is 16.5. The van der Waals surface area contributed by atoms with E-state index in [2.05, 4.69) is 15.0 Å². The van der Waals surface area contributed by atoms with Crippen molar-refractivity contribution in [1.82, 2.24) is 19.9 Å². The predicted octanol–water partition coefficient (Wildman–Crippen LogP) is 0.887. The molecule has 1 aliphatic rings. The van der Waals surface area contributed by atoms with E-state index >= 15 is 0 Å². The van der Waals surface area contributed by atoms with E-state index in [0.29, 0.717) is 30.8 Å². The number of nitrogens with zero attached hydrogens (tertiary/aromatic N) is 4. The van der Waals surface area contributed by atoms with Gasteiger partial charge in [-0.2, -0.15) is 0 Å². The molecule has 7 nitrogen and oxygen atoms in total. The molecule has 2 aromatic rings. The summed E-state index contributed by atoms with van der Waals surface area (Å²) in [4.78, 5) is 26.5. The molecule has 2 aromatic heterocycles. The lowest BCUT2D eigenvalue weighted by Crippen LogP contribution is -2.56. The summed E-state index contributed by atoms with van der Waals surface area (Å²) in [7, 11) is 0. The van der Waals surface area contributed by atoms with Gasteiger partial charge in [0.1, 0.15) is 6.10 Å². The average molecular weight is 328 g/mol. The molecule has 3 rings (SSSR count). The monoisotopic (exact) mass is 328 g/mol. The third-order valence-electron chi connectivity index (χ3n) is 4.55. The zero-order valence-corrected chi connectivity index (χ0v) is 13.5. The quantitative estimate of drug-likeness (QED) is 0.868. The van der Waals surface area contributed by atoms with Crippen LogP contribution in [0.1, 0.15) is 30.1 Å². The fourth-order valence-electron chi connectivity index (χ4n) is 2.83. The maximum Gasteiger partial charge on any atom is 0.257 e. The third kappa shape index (κ3) is 3.13. The van der Waals surface area contributed by atoms with Crippen LogP contribution in [-0.4, -0.2) is 60.8 Å². The van der Waals surface area contributed by atoms with Gasteiger partial charge in [0.2, 0.25) is 0 Å². The Bertz CT molecular complexity index is 708. The highest BCUT2D eigenvalue weighted by Crippen LogP contribution is 2.26. The number of aromatic nitrogens is 3. The molecule has 2 N–H and O–H groups in total. The third-order valence-corrected chi connectivity index (χ3v) is 4.55. The highest BCUT2D eigenvalue weighted by molar-refractivity contribution is 5.93. The lowest BCUT2D eigenvalue weighted by Gasteiger charge is -2.41. The van der Waals surface area contributed by atoms with Crippen LogP contribution in [0.4, 0.5) is 0 Å². The number of hydrogen-bond donors (Lipinski definition) is 2. The summed E-state index contributed by atoms with van der Waals surface area (Å²) < 4.78 is 0. The lowest BCUT2D eigenvalue weighted by atomic mass is 9.86. The van der Waals surface area contributed by atoms with E-state index in [1.807, 2.05) is 13.0 Å². The molecule has 0 aromatic carbocycles. The first-order valence-corrected chi connectivity index (χ1v) is 7.95. The number of carbonyl (C=O) groups excluding carboxylic acids is 1. The second kappa shape index (κ2) is 6.62. The summed E-state index contributed by atoms with van der Waals surface area (Å²) in [6, 6.07) is 3.64. The number of piperidine rings is 1. The van der Waals surface area contributed by atoms with Crippen LogP contribution >= 0.6 is 0 Å². The van der Waals surface area contributed by atoms with Crippen molar-refractivity contribution in [3.63, 3.8) is 0 Å². The van der Waals surface area contributed by atoms with Gasteiger partial charge in [0.05, 0.1) is 11.2 Å². The zero-order chi connectivity index (χ0) is 17.2. The van der Waals surface area contributed by atoms with Gasteiger partial charge in [-0.25, -0.2) is 9.97 Å². The number of hydrogen-bond acceptors (Lipinski definition) is 6. The number of rotatable bonds is 3. The van der Waals surface area contributed by atoms with Crippen LogP contribution in [0.3, 0.4) is 0 Å². The topological polar surface area (TPSA) is 99.4 Å². The number of aliphatic hydroxyl groups excluding tert-OH is 1. The van der Waals surface area contributed by atoms with Crippen molar-refractivity contribution in [1.29, 1.82) is 0 Å². The summed E-state index contributed by atoms with van der Waals surface area (Å²) in [6.07, 6.45) is 6.14. The minimum Gasteiger partial charge on any atom is -0.388 e. The van der Waals surface area contributed by atoms with Crippen molar-refractivity contribution in [2.45, 2.75) is 31.5 Å². The summed E-state index contributed by atoms with van der Waals surface area (Å²) in [5.74, 6) is 0.253. The van der Waals surface area contributed by atoms with Gasteiger partial charge in [-0.05, 0) is 25.0 Å². The second-order valence-corrected chi connectivity index (χ2v) is 6.01. The number of pyridine rings is 1. The van der Waals surface area contributed by atoms with E-state index in [1.165, 1.54) is 17.3 Å². The minimum absolute atomic E-state index is 0.105. The fourth-order valence-corrected chi connectivity index (χ4v) is 2.83. The van der Waals surface area contributed by atoms with E-state index in [4.69, 9.17) is 0 Å². The lowest BCUT2D eigenvalue weighted by molar-refractivity contribution is -0.114. The molecule has 2 atom stereocenters. The molecule has 0 bridgehead atoms. The van der Waals surface area contributed by atoms with Crippen LogP contribution in [0.2, 0.25) is 0 Å². The van der Waals surface area contributed by atoms with Crippen molar-refractivity contribution >= 4 is 5.91 Å². The summed E-state index contributed by atoms with van der Waals surface area (Å²) in [5, 5.41) is 20.4. The van der Waals surface area contributed by atoms with Crippen molar-refractivity contribution in [2.75, 3.05) is 13.1 Å². The van der Waals surface area contributed by atoms with Gasteiger partial charge >= 0.3 is 0 Å². The SMILES string of the molecule is CC[C@@]1(O)CCN(C(=O)c2cnc(-c3cccnc3)nc2)C[C@H]1O. The largest absolute Gasteiger partial charge is 0.388 e. The maximum atomic E-state index is 12.5.